The second kappa shape index (κ2) is 11.0. The molecule has 86 valence electrons. The predicted molar refractivity (Wildman–Crippen MR) is 62.8 cm³/mol. The van der Waals surface area contributed by atoms with E-state index in [2.05, 4.69) is 11.8 Å². The Labute approximate surface area is 88.8 Å². The van der Waals surface area contributed by atoms with E-state index >= 15 is 0 Å². The summed E-state index contributed by atoms with van der Waals surface area (Å²) in [7, 11) is 0. The Morgan fingerprint density at radius 3 is 1.79 bits per heavy atom. The van der Waals surface area contributed by atoms with Gasteiger partial charge in [0.25, 0.3) is 0 Å². The molecule has 0 aromatic rings. The summed E-state index contributed by atoms with van der Waals surface area (Å²) in [6.45, 7) is 4.49. The van der Waals surface area contributed by atoms with E-state index in [-0.39, 0.29) is 0 Å². The number of nitrogens with zero attached hydrogens (tertiary/aromatic N) is 1. The molecule has 0 aliphatic heterocycles. The summed E-state index contributed by atoms with van der Waals surface area (Å²) in [5.74, 6) is 0. The van der Waals surface area contributed by atoms with Gasteiger partial charge in [-0.05, 0) is 6.42 Å². The maximum Gasteiger partial charge on any atom is 0.0467 e. The molecule has 0 saturated carbocycles. The molecule has 0 bridgehead atoms. The molecule has 0 aromatic carbocycles. The number of hydrogen-bond acceptors (Lipinski definition) is 3. The van der Waals surface area contributed by atoms with Gasteiger partial charge in [-0.15, -0.1) is 0 Å². The minimum atomic E-state index is 0.590. The van der Waals surface area contributed by atoms with Gasteiger partial charge in [-0.2, -0.15) is 0 Å². The van der Waals surface area contributed by atoms with Gasteiger partial charge in [0.15, 0.2) is 0 Å². The van der Waals surface area contributed by atoms with Crippen LogP contribution in [-0.4, -0.2) is 24.8 Å². The van der Waals surface area contributed by atoms with E-state index in [0.29, 0.717) is 13.3 Å². The molecule has 0 fully saturated rings. The zero-order chi connectivity index (χ0) is 10.6. The van der Waals surface area contributed by atoms with Crippen molar-refractivity contribution in [1.82, 2.24) is 4.90 Å². The number of hydrogen-bond donors (Lipinski definition) is 2. The molecule has 3 nitrogen and oxygen atoms in total. The van der Waals surface area contributed by atoms with Crippen LogP contribution >= 0.6 is 0 Å². The lowest BCUT2D eigenvalue weighted by atomic mass is 10.1. The fourth-order valence-corrected chi connectivity index (χ4v) is 1.55. The molecule has 0 aliphatic rings. The standard InChI is InChI=1S/C11H27N3/c1-2-3-4-5-6-7-8-9-14(10-12)11-13/h2-13H2,1H3. The topological polar surface area (TPSA) is 55.3 Å². The SMILES string of the molecule is CCCCCCCCCN(CN)CN. The number of unbranched alkanes of at least 4 members (excludes halogenated alkanes) is 6. The van der Waals surface area contributed by atoms with Crippen molar-refractivity contribution >= 4 is 0 Å². The summed E-state index contributed by atoms with van der Waals surface area (Å²) < 4.78 is 0. The fraction of sp³-hybridized carbons (Fsp3) is 1.00. The van der Waals surface area contributed by atoms with E-state index < -0.39 is 0 Å². The Morgan fingerprint density at radius 2 is 1.29 bits per heavy atom. The number of rotatable bonds is 10. The zero-order valence-electron chi connectivity index (χ0n) is 9.67. The predicted octanol–water partition coefficient (Wildman–Crippen LogP) is 1.87. The first-order valence-electron chi connectivity index (χ1n) is 5.97. The Hall–Kier alpha value is -0.120. The van der Waals surface area contributed by atoms with Crippen LogP contribution in [-0.2, 0) is 0 Å². The lowest BCUT2D eigenvalue weighted by molar-refractivity contribution is 0.282. The van der Waals surface area contributed by atoms with Crippen LogP contribution in [0.4, 0.5) is 0 Å². The van der Waals surface area contributed by atoms with Gasteiger partial charge < -0.3 is 11.5 Å². The lowest BCUT2D eigenvalue weighted by Gasteiger charge is -2.16. The number of nitrogens with two attached hydrogens (primary N) is 2. The molecular formula is C11H27N3. The molecule has 3 heteroatoms. The van der Waals surface area contributed by atoms with E-state index in [0.717, 1.165) is 6.54 Å². The average molecular weight is 201 g/mol. The summed E-state index contributed by atoms with van der Waals surface area (Å²) in [5, 5.41) is 0. The van der Waals surface area contributed by atoms with Crippen molar-refractivity contribution in [3.05, 3.63) is 0 Å². The molecule has 4 N–H and O–H groups in total. The molecule has 0 atom stereocenters. The van der Waals surface area contributed by atoms with Crippen LogP contribution in [0.2, 0.25) is 0 Å². The summed E-state index contributed by atoms with van der Waals surface area (Å²) in [6.07, 6.45) is 9.42. The second-order valence-electron chi connectivity index (χ2n) is 3.88. The molecule has 0 radical (unpaired) electrons. The quantitative estimate of drug-likeness (QED) is 0.419. The van der Waals surface area contributed by atoms with E-state index in [4.69, 9.17) is 11.5 Å². The maximum atomic E-state index is 5.51. The lowest BCUT2D eigenvalue weighted by Crippen LogP contribution is -2.35. The maximum absolute atomic E-state index is 5.51. The van der Waals surface area contributed by atoms with Crippen LogP contribution in [0.3, 0.4) is 0 Å². The van der Waals surface area contributed by atoms with E-state index in [1.54, 1.807) is 0 Å². The average Bonchev–Trinajstić information content (AvgIpc) is 2.22. The van der Waals surface area contributed by atoms with Gasteiger partial charge in [-0.25, -0.2) is 0 Å². The highest BCUT2D eigenvalue weighted by Crippen LogP contribution is 2.06. The molecule has 0 heterocycles. The Bertz CT molecular complexity index is 103. The van der Waals surface area contributed by atoms with E-state index in [1.807, 2.05) is 0 Å². The molecule has 0 aromatic heterocycles. The molecule has 14 heavy (non-hydrogen) atoms. The van der Waals surface area contributed by atoms with Gasteiger partial charge >= 0.3 is 0 Å². The normalized spacial score (nSPS) is 11.1. The van der Waals surface area contributed by atoms with Crippen molar-refractivity contribution in [3.63, 3.8) is 0 Å². The first-order valence-corrected chi connectivity index (χ1v) is 5.97. The third-order valence-electron chi connectivity index (χ3n) is 2.59. The molecular weight excluding hydrogens is 174 g/mol. The summed E-state index contributed by atoms with van der Waals surface area (Å²) >= 11 is 0. The van der Waals surface area contributed by atoms with E-state index in [9.17, 15) is 0 Å². The van der Waals surface area contributed by atoms with Crippen molar-refractivity contribution in [1.29, 1.82) is 0 Å². The van der Waals surface area contributed by atoms with Gasteiger partial charge in [-0.1, -0.05) is 45.4 Å². The first kappa shape index (κ1) is 13.9. The highest BCUT2D eigenvalue weighted by Gasteiger charge is 1.98. The second-order valence-corrected chi connectivity index (χ2v) is 3.88. The van der Waals surface area contributed by atoms with Crippen LogP contribution in [0.5, 0.6) is 0 Å². The van der Waals surface area contributed by atoms with Gasteiger partial charge in [0.1, 0.15) is 0 Å². The van der Waals surface area contributed by atoms with Crippen LogP contribution in [0.15, 0.2) is 0 Å². The zero-order valence-corrected chi connectivity index (χ0v) is 9.67. The van der Waals surface area contributed by atoms with Gasteiger partial charge in [0.2, 0.25) is 0 Å². The highest BCUT2D eigenvalue weighted by atomic mass is 15.2. The summed E-state index contributed by atoms with van der Waals surface area (Å²) in [6, 6.07) is 0. The molecule has 0 amide bonds. The largest absolute Gasteiger partial charge is 0.318 e. The summed E-state index contributed by atoms with van der Waals surface area (Å²) in [4.78, 5) is 2.08. The van der Waals surface area contributed by atoms with Crippen LogP contribution in [0, 0.1) is 0 Å². The Kier molecular flexibility index (Phi) is 10.9. The molecule has 0 saturated heterocycles. The van der Waals surface area contributed by atoms with Crippen LogP contribution in [0.1, 0.15) is 51.9 Å². The Balaban J connectivity index is 3.04. The molecule has 0 unspecified atom stereocenters. The van der Waals surface area contributed by atoms with Crippen molar-refractivity contribution in [3.8, 4) is 0 Å². The summed E-state index contributed by atoms with van der Waals surface area (Å²) in [5.41, 5.74) is 11.0. The molecule has 0 spiro atoms. The molecule has 0 aliphatic carbocycles. The third kappa shape index (κ3) is 8.48. The smallest absolute Gasteiger partial charge is 0.0467 e. The third-order valence-corrected chi connectivity index (χ3v) is 2.59. The van der Waals surface area contributed by atoms with Gasteiger partial charge in [0, 0.05) is 19.9 Å². The van der Waals surface area contributed by atoms with Crippen LogP contribution in [0.25, 0.3) is 0 Å². The minimum Gasteiger partial charge on any atom is -0.318 e. The van der Waals surface area contributed by atoms with Crippen molar-refractivity contribution in [2.45, 2.75) is 51.9 Å². The first-order chi connectivity index (χ1) is 6.85. The van der Waals surface area contributed by atoms with E-state index in [1.165, 1.54) is 44.9 Å². The molecule has 0 rings (SSSR count). The van der Waals surface area contributed by atoms with Gasteiger partial charge in [-0.3, -0.25) is 4.90 Å². The fourth-order valence-electron chi connectivity index (χ4n) is 1.55. The van der Waals surface area contributed by atoms with Crippen LogP contribution < -0.4 is 11.5 Å². The van der Waals surface area contributed by atoms with Crippen molar-refractivity contribution < 1.29 is 0 Å². The highest BCUT2D eigenvalue weighted by molar-refractivity contribution is 4.52. The minimum absolute atomic E-state index is 0.590. The van der Waals surface area contributed by atoms with Crippen molar-refractivity contribution in [2.75, 3.05) is 19.9 Å². The van der Waals surface area contributed by atoms with Gasteiger partial charge in [0.05, 0.1) is 0 Å². The monoisotopic (exact) mass is 201 g/mol. The van der Waals surface area contributed by atoms with Crippen molar-refractivity contribution in [2.24, 2.45) is 11.5 Å². The Morgan fingerprint density at radius 1 is 0.786 bits per heavy atom.